The highest BCUT2D eigenvalue weighted by atomic mass is 14.4. The molecule has 0 aliphatic heterocycles. The first-order valence-electron chi connectivity index (χ1n) is 22.7. The third-order valence-corrected chi connectivity index (χ3v) is 14.5. The monoisotopic (exact) mass is 816 g/mol. The van der Waals surface area contributed by atoms with Gasteiger partial charge in [-0.2, -0.15) is 0 Å². The van der Waals surface area contributed by atoms with Gasteiger partial charge in [0.05, 0.1) is 0 Å². The standard InChI is InChI=1S/C64H48/c1-63(2)57-28-15-13-24-48(57)50-33-30-45(39-59(50)63)44-31-35-54-56(38-44)62(47-32-34-51-49-25-14-16-29-58(49)64(3,4)60(51)40-47)53-27-12-11-26-52(53)61(54)46-23-17-18-41(36-46)37-55(42-19-7-5-8-20-42)43-21-9-6-10-22-43/h5-40H,1-4H3. The Morgan fingerprint density at radius 2 is 0.750 bits per heavy atom. The van der Waals surface area contributed by atoms with E-state index in [9.17, 15) is 0 Å². The highest BCUT2D eigenvalue weighted by molar-refractivity contribution is 6.22. The predicted molar refractivity (Wildman–Crippen MR) is 273 cm³/mol. The van der Waals surface area contributed by atoms with Crippen LogP contribution in [0.15, 0.2) is 212 Å². The Kier molecular flexibility index (Phi) is 8.65. The topological polar surface area (TPSA) is 0 Å². The molecule has 0 aromatic heterocycles. The van der Waals surface area contributed by atoms with Crippen LogP contribution in [0.3, 0.4) is 0 Å². The maximum absolute atomic E-state index is 2.50. The van der Waals surface area contributed by atoms with Gasteiger partial charge in [0.15, 0.2) is 0 Å². The zero-order valence-corrected chi connectivity index (χ0v) is 36.8. The third-order valence-electron chi connectivity index (χ3n) is 14.5. The van der Waals surface area contributed by atoms with Crippen molar-refractivity contribution in [3.8, 4) is 55.6 Å². The molecule has 0 unspecified atom stereocenters. The fourth-order valence-electron chi connectivity index (χ4n) is 11.2. The minimum absolute atomic E-state index is 0.0809. The van der Waals surface area contributed by atoms with E-state index in [4.69, 9.17) is 0 Å². The van der Waals surface area contributed by atoms with Gasteiger partial charge in [-0.05, 0) is 152 Å². The Balaban J connectivity index is 1.10. The number of rotatable bonds is 6. The van der Waals surface area contributed by atoms with E-state index in [1.54, 1.807) is 0 Å². The Morgan fingerprint density at radius 1 is 0.312 bits per heavy atom. The molecule has 12 rings (SSSR count). The molecule has 0 spiro atoms. The molecule has 0 N–H and O–H groups in total. The van der Waals surface area contributed by atoms with Crippen LogP contribution in [-0.4, -0.2) is 0 Å². The quantitative estimate of drug-likeness (QED) is 0.116. The van der Waals surface area contributed by atoms with Crippen LogP contribution in [0.25, 0.3) is 88.8 Å². The van der Waals surface area contributed by atoms with E-state index in [2.05, 4.69) is 246 Å². The summed E-state index contributed by atoms with van der Waals surface area (Å²) in [7, 11) is 0. The highest BCUT2D eigenvalue weighted by Gasteiger charge is 2.37. The van der Waals surface area contributed by atoms with Gasteiger partial charge in [0.2, 0.25) is 0 Å². The van der Waals surface area contributed by atoms with Crippen LogP contribution in [0.5, 0.6) is 0 Å². The zero-order chi connectivity index (χ0) is 43.2. The maximum atomic E-state index is 2.50. The van der Waals surface area contributed by atoms with Crippen LogP contribution >= 0.6 is 0 Å². The van der Waals surface area contributed by atoms with Crippen LogP contribution in [-0.2, 0) is 10.8 Å². The Labute approximate surface area is 376 Å². The first kappa shape index (κ1) is 38.2. The summed E-state index contributed by atoms with van der Waals surface area (Å²) in [4.78, 5) is 0. The Hall–Kier alpha value is -7.54. The lowest BCUT2D eigenvalue weighted by Gasteiger charge is -2.23. The van der Waals surface area contributed by atoms with E-state index in [0.29, 0.717) is 0 Å². The van der Waals surface area contributed by atoms with Crippen molar-refractivity contribution in [1.82, 2.24) is 0 Å². The minimum atomic E-state index is -0.111. The molecule has 64 heavy (non-hydrogen) atoms. The molecular formula is C64H48. The lowest BCUT2D eigenvalue weighted by Crippen LogP contribution is -2.14. The molecule has 0 saturated carbocycles. The molecule has 2 aliphatic carbocycles. The van der Waals surface area contributed by atoms with Gasteiger partial charge in [-0.15, -0.1) is 0 Å². The van der Waals surface area contributed by atoms with Crippen LogP contribution in [0, 0.1) is 0 Å². The first-order valence-corrected chi connectivity index (χ1v) is 22.7. The summed E-state index contributed by atoms with van der Waals surface area (Å²) in [6.07, 6.45) is 2.35. The van der Waals surface area contributed by atoms with Crippen LogP contribution in [0.1, 0.15) is 66.6 Å². The molecule has 0 nitrogen and oxygen atoms in total. The number of benzene rings is 10. The number of fused-ring (bicyclic) bond motifs is 8. The van der Waals surface area contributed by atoms with Crippen molar-refractivity contribution in [2.75, 3.05) is 0 Å². The van der Waals surface area contributed by atoms with Gasteiger partial charge in [0, 0.05) is 10.8 Å². The Morgan fingerprint density at radius 3 is 1.36 bits per heavy atom. The highest BCUT2D eigenvalue weighted by Crippen LogP contribution is 2.53. The largest absolute Gasteiger partial charge is 0.0622 e. The first-order chi connectivity index (χ1) is 31.3. The minimum Gasteiger partial charge on any atom is -0.0622 e. The summed E-state index contributed by atoms with van der Waals surface area (Å²) in [5, 5.41) is 5.03. The van der Waals surface area contributed by atoms with E-state index in [1.807, 2.05) is 0 Å². The smallest absolute Gasteiger partial charge is 0.0159 e. The molecular weight excluding hydrogens is 769 g/mol. The fraction of sp³-hybridized carbons (Fsp3) is 0.0938. The second kappa shape index (κ2) is 14.5. The summed E-state index contributed by atoms with van der Waals surface area (Å²) in [6.45, 7) is 9.51. The van der Waals surface area contributed by atoms with E-state index in [0.717, 1.165) is 0 Å². The average Bonchev–Trinajstić information content (AvgIpc) is 3.71. The normalized spacial score (nSPS) is 13.9. The third kappa shape index (κ3) is 5.90. The van der Waals surface area contributed by atoms with Crippen molar-refractivity contribution in [3.05, 3.63) is 251 Å². The zero-order valence-electron chi connectivity index (χ0n) is 36.8. The summed E-state index contributed by atoms with van der Waals surface area (Å²) < 4.78 is 0. The molecule has 10 aromatic carbocycles. The molecule has 0 bridgehead atoms. The molecule has 0 heteroatoms. The van der Waals surface area contributed by atoms with Gasteiger partial charge in [-0.25, -0.2) is 0 Å². The molecule has 0 saturated heterocycles. The van der Waals surface area contributed by atoms with Crippen LogP contribution in [0.2, 0.25) is 0 Å². The van der Waals surface area contributed by atoms with Crippen LogP contribution < -0.4 is 0 Å². The second-order valence-corrected chi connectivity index (χ2v) is 18.8. The van der Waals surface area contributed by atoms with Gasteiger partial charge >= 0.3 is 0 Å². The maximum Gasteiger partial charge on any atom is 0.0159 e. The van der Waals surface area contributed by atoms with Gasteiger partial charge in [0.1, 0.15) is 0 Å². The molecule has 0 amide bonds. The van der Waals surface area contributed by atoms with Crippen molar-refractivity contribution < 1.29 is 0 Å². The molecule has 0 radical (unpaired) electrons. The van der Waals surface area contributed by atoms with E-state index < -0.39 is 0 Å². The SMILES string of the molecule is CC1(C)c2ccccc2-c2ccc(-c3ccc4c(-c5cccc(C=C(c6ccccc6)c6ccccc6)c5)c5ccccc5c(-c5ccc6c(c5)C(C)(C)c5ccccc5-6)c4c3)cc21. The average molecular weight is 817 g/mol. The molecule has 2 aliphatic rings. The summed E-state index contributed by atoms with van der Waals surface area (Å²) >= 11 is 0. The summed E-state index contributed by atoms with van der Waals surface area (Å²) in [5.41, 5.74) is 23.0. The van der Waals surface area contributed by atoms with Crippen molar-refractivity contribution in [2.24, 2.45) is 0 Å². The molecule has 304 valence electrons. The van der Waals surface area contributed by atoms with Crippen molar-refractivity contribution >= 4 is 33.2 Å². The van der Waals surface area contributed by atoms with Gasteiger partial charge < -0.3 is 0 Å². The Bertz CT molecular complexity index is 3480. The molecule has 0 atom stereocenters. The second-order valence-electron chi connectivity index (χ2n) is 18.8. The van der Waals surface area contributed by atoms with Crippen molar-refractivity contribution in [2.45, 2.75) is 38.5 Å². The molecule has 0 heterocycles. The van der Waals surface area contributed by atoms with E-state index >= 15 is 0 Å². The van der Waals surface area contributed by atoms with Gasteiger partial charge in [-0.3, -0.25) is 0 Å². The fourth-order valence-corrected chi connectivity index (χ4v) is 11.2. The lowest BCUT2D eigenvalue weighted by atomic mass is 9.80. The molecule has 10 aromatic rings. The van der Waals surface area contributed by atoms with Gasteiger partial charge in [-0.1, -0.05) is 216 Å². The van der Waals surface area contributed by atoms with E-state index in [1.165, 1.54) is 122 Å². The number of hydrogen-bond acceptors (Lipinski definition) is 0. The van der Waals surface area contributed by atoms with E-state index in [-0.39, 0.29) is 10.8 Å². The van der Waals surface area contributed by atoms with Crippen LogP contribution in [0.4, 0.5) is 0 Å². The number of hydrogen-bond donors (Lipinski definition) is 0. The summed E-state index contributed by atoms with van der Waals surface area (Å²) in [6, 6.07) is 79.3. The predicted octanol–water partition coefficient (Wildman–Crippen LogP) is 17.2. The van der Waals surface area contributed by atoms with Crippen molar-refractivity contribution in [3.63, 3.8) is 0 Å². The lowest BCUT2D eigenvalue weighted by molar-refractivity contribution is 0.660. The summed E-state index contributed by atoms with van der Waals surface area (Å²) in [5.74, 6) is 0. The van der Waals surface area contributed by atoms with Gasteiger partial charge in [0.25, 0.3) is 0 Å². The van der Waals surface area contributed by atoms with Crippen molar-refractivity contribution in [1.29, 1.82) is 0 Å². The molecule has 0 fully saturated rings.